The maximum absolute atomic E-state index is 5.69. The van der Waals surface area contributed by atoms with Gasteiger partial charge in [0.1, 0.15) is 5.75 Å². The summed E-state index contributed by atoms with van der Waals surface area (Å²) in [4.78, 5) is 0. The molecule has 4 atom stereocenters. The summed E-state index contributed by atoms with van der Waals surface area (Å²) in [7, 11) is 1.78. The van der Waals surface area contributed by atoms with Crippen LogP contribution in [0.3, 0.4) is 0 Å². The number of ether oxygens (including phenoxy) is 1. The van der Waals surface area contributed by atoms with E-state index in [0.29, 0.717) is 0 Å². The normalized spacial score (nSPS) is 34.9. The standard InChI is InChI=1S/C19H29OP/c1-12(2)14-10-19-15(13(3)4)11-18(14)21(19)17-9-7-6-8-16(17)20-5/h6-9,12-15,18-19H,10-11H2,1-5H3. The summed E-state index contributed by atoms with van der Waals surface area (Å²) in [5.74, 6) is 4.65. The summed E-state index contributed by atoms with van der Waals surface area (Å²) >= 11 is 0. The Morgan fingerprint density at radius 1 is 0.952 bits per heavy atom. The number of benzene rings is 1. The SMILES string of the molecule is COc1ccccc1P1C2CC(C(C)C)C1CC2C(C)C. The second-order valence-corrected chi connectivity index (χ2v) is 10.1. The van der Waals surface area contributed by atoms with Crippen molar-refractivity contribution in [2.75, 3.05) is 7.11 Å². The fraction of sp³-hybridized carbons (Fsp3) is 0.684. The third kappa shape index (κ3) is 2.52. The molecule has 1 aromatic carbocycles. The van der Waals surface area contributed by atoms with Gasteiger partial charge in [0.15, 0.2) is 0 Å². The summed E-state index contributed by atoms with van der Waals surface area (Å²) < 4.78 is 5.69. The highest BCUT2D eigenvalue weighted by molar-refractivity contribution is 7.68. The molecule has 2 heteroatoms. The van der Waals surface area contributed by atoms with Crippen molar-refractivity contribution in [3.63, 3.8) is 0 Å². The molecule has 0 spiro atoms. The van der Waals surface area contributed by atoms with Crippen molar-refractivity contribution in [3.05, 3.63) is 24.3 Å². The summed E-state index contributed by atoms with van der Waals surface area (Å²) in [6.07, 6.45) is 2.91. The van der Waals surface area contributed by atoms with Crippen LogP contribution < -0.4 is 10.0 Å². The second-order valence-electron chi connectivity index (χ2n) is 7.50. The van der Waals surface area contributed by atoms with E-state index in [2.05, 4.69) is 52.0 Å². The molecule has 2 saturated heterocycles. The van der Waals surface area contributed by atoms with Crippen molar-refractivity contribution >= 4 is 13.2 Å². The Bertz CT molecular complexity index is 474. The minimum absolute atomic E-state index is 0.0467. The Morgan fingerprint density at radius 2 is 1.48 bits per heavy atom. The minimum atomic E-state index is -0.0467. The second kappa shape index (κ2) is 5.92. The van der Waals surface area contributed by atoms with Crippen molar-refractivity contribution in [2.45, 2.75) is 51.9 Å². The van der Waals surface area contributed by atoms with E-state index in [1.54, 1.807) is 0 Å². The topological polar surface area (TPSA) is 9.23 Å². The van der Waals surface area contributed by atoms with Gasteiger partial charge in [-0.1, -0.05) is 53.8 Å². The molecule has 0 saturated carbocycles. The molecule has 0 aliphatic carbocycles. The maximum atomic E-state index is 5.69. The zero-order valence-corrected chi connectivity index (χ0v) is 14.9. The number of methoxy groups -OCH3 is 1. The van der Waals surface area contributed by atoms with Gasteiger partial charge in [-0.05, 0) is 53.9 Å². The van der Waals surface area contributed by atoms with Crippen LogP contribution in [0.15, 0.2) is 24.3 Å². The molecule has 0 N–H and O–H groups in total. The lowest BCUT2D eigenvalue weighted by molar-refractivity contribution is 0.232. The number of hydrogen-bond donors (Lipinski definition) is 0. The molecule has 1 aromatic rings. The zero-order chi connectivity index (χ0) is 15.1. The predicted molar refractivity (Wildman–Crippen MR) is 93.0 cm³/mol. The highest BCUT2D eigenvalue weighted by Crippen LogP contribution is 2.70. The lowest BCUT2D eigenvalue weighted by Crippen LogP contribution is -2.29. The number of rotatable bonds is 4. The molecule has 4 unspecified atom stereocenters. The van der Waals surface area contributed by atoms with Crippen LogP contribution in [0.4, 0.5) is 0 Å². The Labute approximate surface area is 131 Å². The fourth-order valence-electron chi connectivity index (χ4n) is 4.74. The number of hydrogen-bond acceptors (Lipinski definition) is 1. The maximum Gasteiger partial charge on any atom is 0.126 e. The van der Waals surface area contributed by atoms with E-state index in [0.717, 1.165) is 40.7 Å². The molecule has 0 amide bonds. The van der Waals surface area contributed by atoms with Crippen LogP contribution in [-0.4, -0.2) is 18.4 Å². The van der Waals surface area contributed by atoms with Gasteiger partial charge in [0.05, 0.1) is 7.11 Å². The van der Waals surface area contributed by atoms with Crippen LogP contribution in [0, 0.1) is 23.7 Å². The molecule has 2 heterocycles. The Kier molecular flexibility index (Phi) is 4.33. The van der Waals surface area contributed by atoms with E-state index in [1.807, 2.05) is 7.11 Å². The molecule has 0 radical (unpaired) electrons. The molecule has 1 nitrogen and oxygen atoms in total. The molecular weight excluding hydrogens is 275 g/mol. The van der Waals surface area contributed by atoms with E-state index in [1.165, 1.54) is 18.1 Å². The van der Waals surface area contributed by atoms with Gasteiger partial charge in [-0.15, -0.1) is 0 Å². The fourth-order valence-corrected chi connectivity index (χ4v) is 9.32. The molecule has 21 heavy (non-hydrogen) atoms. The van der Waals surface area contributed by atoms with Gasteiger partial charge >= 0.3 is 0 Å². The van der Waals surface area contributed by atoms with Gasteiger partial charge in [0.2, 0.25) is 0 Å². The Hall–Kier alpha value is -0.550. The molecule has 3 rings (SSSR count). The first kappa shape index (κ1) is 15.3. The first-order chi connectivity index (χ1) is 10.0. The average molecular weight is 304 g/mol. The van der Waals surface area contributed by atoms with E-state index in [4.69, 9.17) is 4.74 Å². The largest absolute Gasteiger partial charge is 0.496 e. The molecule has 2 aliphatic heterocycles. The van der Waals surface area contributed by atoms with Crippen molar-refractivity contribution in [2.24, 2.45) is 23.7 Å². The quantitative estimate of drug-likeness (QED) is 0.720. The van der Waals surface area contributed by atoms with E-state index < -0.39 is 0 Å². The highest BCUT2D eigenvalue weighted by Gasteiger charge is 2.54. The number of fused-ring (bicyclic) bond motifs is 2. The van der Waals surface area contributed by atoms with Crippen molar-refractivity contribution in [1.29, 1.82) is 0 Å². The lowest BCUT2D eigenvalue weighted by atomic mass is 9.73. The van der Waals surface area contributed by atoms with E-state index >= 15 is 0 Å². The van der Waals surface area contributed by atoms with Gasteiger partial charge in [0, 0.05) is 5.30 Å². The summed E-state index contributed by atoms with van der Waals surface area (Å²) in [5.41, 5.74) is 1.85. The van der Waals surface area contributed by atoms with Crippen LogP contribution in [0.25, 0.3) is 0 Å². The van der Waals surface area contributed by atoms with Crippen LogP contribution in [0.2, 0.25) is 0 Å². The van der Waals surface area contributed by atoms with Gasteiger partial charge in [-0.3, -0.25) is 0 Å². The van der Waals surface area contributed by atoms with Crippen LogP contribution >= 0.6 is 7.92 Å². The molecule has 2 bridgehead atoms. The summed E-state index contributed by atoms with van der Waals surface area (Å²) in [6.45, 7) is 9.69. The molecule has 116 valence electrons. The van der Waals surface area contributed by atoms with Crippen LogP contribution in [-0.2, 0) is 0 Å². The van der Waals surface area contributed by atoms with Gasteiger partial charge < -0.3 is 4.74 Å². The van der Waals surface area contributed by atoms with Crippen molar-refractivity contribution in [3.8, 4) is 5.75 Å². The first-order valence-electron chi connectivity index (χ1n) is 8.46. The average Bonchev–Trinajstić information content (AvgIpc) is 3.02. The third-order valence-corrected chi connectivity index (χ3v) is 9.35. The Balaban J connectivity index is 1.97. The number of para-hydroxylation sites is 1. The first-order valence-corrected chi connectivity index (χ1v) is 9.94. The highest BCUT2D eigenvalue weighted by atomic mass is 31.1. The van der Waals surface area contributed by atoms with Crippen LogP contribution in [0.5, 0.6) is 5.75 Å². The predicted octanol–water partition coefficient (Wildman–Crippen LogP) is 4.89. The smallest absolute Gasteiger partial charge is 0.126 e. The van der Waals surface area contributed by atoms with Crippen molar-refractivity contribution < 1.29 is 4.74 Å². The van der Waals surface area contributed by atoms with Crippen molar-refractivity contribution in [1.82, 2.24) is 0 Å². The van der Waals surface area contributed by atoms with Gasteiger partial charge in [-0.25, -0.2) is 0 Å². The monoisotopic (exact) mass is 304 g/mol. The zero-order valence-electron chi connectivity index (χ0n) is 14.0. The Morgan fingerprint density at radius 3 is 1.95 bits per heavy atom. The third-order valence-electron chi connectivity index (χ3n) is 5.81. The summed E-state index contributed by atoms with van der Waals surface area (Å²) in [6, 6.07) is 8.81. The lowest BCUT2D eigenvalue weighted by Gasteiger charge is -2.31. The molecule has 2 fully saturated rings. The minimum Gasteiger partial charge on any atom is -0.496 e. The summed E-state index contributed by atoms with van der Waals surface area (Å²) in [5, 5.41) is 1.54. The molecule has 0 aromatic heterocycles. The molecule has 2 aliphatic rings. The van der Waals surface area contributed by atoms with E-state index in [9.17, 15) is 0 Å². The van der Waals surface area contributed by atoms with Gasteiger partial charge in [0.25, 0.3) is 0 Å². The van der Waals surface area contributed by atoms with Gasteiger partial charge in [-0.2, -0.15) is 0 Å². The molecular formula is C19H29OP. The van der Waals surface area contributed by atoms with Crippen LogP contribution in [0.1, 0.15) is 40.5 Å². The van der Waals surface area contributed by atoms with E-state index in [-0.39, 0.29) is 7.92 Å².